The minimum atomic E-state index is -4.63. The van der Waals surface area contributed by atoms with Crippen LogP contribution in [-0.2, 0) is 37.4 Å². The lowest BCUT2D eigenvalue weighted by molar-refractivity contribution is -0.161. The summed E-state index contributed by atoms with van der Waals surface area (Å²) in [6, 6.07) is 0. The summed E-state index contributed by atoms with van der Waals surface area (Å²) in [6.07, 6.45) is 35.8. The number of carbonyl (C=O) groups excluding carboxylic acids is 2. The SMILES string of the molecule is CCCCC/C=C\CC1OC1C/C=C\C/C=C\CCCC(=O)OC[C@H](COP(=O)(O)OC[C@@H](O)CO)OC(=O)CCCCCCCCCCCCCCC(C)C. The second kappa shape index (κ2) is 35.1. The van der Waals surface area contributed by atoms with Gasteiger partial charge in [-0.25, -0.2) is 4.57 Å². The number of phosphoric ester groups is 1. The Bertz CT molecular complexity index is 1110. The Balaban J connectivity index is 2.28. The number of allylic oxidation sites excluding steroid dienone is 4. The quantitative estimate of drug-likeness (QED) is 0.0178. The first-order chi connectivity index (χ1) is 27.1. The van der Waals surface area contributed by atoms with E-state index in [0.29, 0.717) is 31.5 Å². The molecule has 12 heteroatoms. The number of esters is 2. The highest BCUT2D eigenvalue weighted by molar-refractivity contribution is 7.47. The topological polar surface area (TPSA) is 161 Å². The van der Waals surface area contributed by atoms with Crippen LogP contribution in [0, 0.1) is 5.92 Å². The van der Waals surface area contributed by atoms with Crippen molar-refractivity contribution in [3.05, 3.63) is 36.5 Å². The molecule has 0 aliphatic carbocycles. The third kappa shape index (κ3) is 33.2. The molecule has 5 atom stereocenters. The number of aliphatic hydroxyl groups excluding tert-OH is 2. The van der Waals surface area contributed by atoms with E-state index >= 15 is 0 Å². The molecule has 1 aliphatic rings. The van der Waals surface area contributed by atoms with Gasteiger partial charge in [0.2, 0.25) is 0 Å². The van der Waals surface area contributed by atoms with E-state index in [0.717, 1.165) is 50.9 Å². The smallest absolute Gasteiger partial charge is 0.462 e. The maximum absolute atomic E-state index is 12.6. The van der Waals surface area contributed by atoms with Crippen LogP contribution >= 0.6 is 7.82 Å². The van der Waals surface area contributed by atoms with E-state index in [1.165, 1.54) is 77.0 Å². The van der Waals surface area contributed by atoms with Gasteiger partial charge in [0.05, 0.1) is 32.0 Å². The zero-order valence-corrected chi connectivity index (χ0v) is 36.1. The van der Waals surface area contributed by atoms with Gasteiger partial charge in [0.15, 0.2) is 6.10 Å². The van der Waals surface area contributed by atoms with E-state index in [4.69, 9.17) is 23.8 Å². The Kier molecular flexibility index (Phi) is 32.7. The van der Waals surface area contributed by atoms with Crippen molar-refractivity contribution >= 4 is 19.8 Å². The van der Waals surface area contributed by atoms with Crippen LogP contribution in [0.5, 0.6) is 0 Å². The summed E-state index contributed by atoms with van der Waals surface area (Å²) in [5, 5.41) is 18.3. The molecule has 0 aromatic heterocycles. The van der Waals surface area contributed by atoms with Crippen LogP contribution in [0.15, 0.2) is 36.5 Å². The van der Waals surface area contributed by atoms with Gasteiger partial charge >= 0.3 is 19.8 Å². The van der Waals surface area contributed by atoms with Crippen molar-refractivity contribution in [2.24, 2.45) is 5.92 Å². The van der Waals surface area contributed by atoms with E-state index in [2.05, 4.69) is 55.7 Å². The molecule has 0 radical (unpaired) electrons. The predicted molar refractivity (Wildman–Crippen MR) is 223 cm³/mol. The monoisotopic (exact) mass is 815 g/mol. The molecule has 0 aromatic rings. The average Bonchev–Trinajstić information content (AvgIpc) is 3.93. The molecule has 0 saturated carbocycles. The van der Waals surface area contributed by atoms with Gasteiger partial charge in [-0.1, -0.05) is 147 Å². The Morgan fingerprint density at radius 1 is 0.679 bits per heavy atom. The average molecular weight is 815 g/mol. The van der Waals surface area contributed by atoms with Crippen LogP contribution in [0.25, 0.3) is 0 Å². The van der Waals surface area contributed by atoms with Gasteiger partial charge in [-0.15, -0.1) is 0 Å². The van der Waals surface area contributed by atoms with Crippen molar-refractivity contribution in [2.45, 2.75) is 199 Å². The predicted octanol–water partition coefficient (Wildman–Crippen LogP) is 10.4. The molecular formula is C44H79O11P. The number of rotatable bonds is 39. The van der Waals surface area contributed by atoms with Crippen molar-refractivity contribution in [2.75, 3.05) is 26.4 Å². The minimum Gasteiger partial charge on any atom is -0.462 e. The fraction of sp³-hybridized carbons (Fsp3) is 0.818. The molecule has 326 valence electrons. The van der Waals surface area contributed by atoms with Crippen molar-refractivity contribution in [3.63, 3.8) is 0 Å². The molecule has 0 spiro atoms. The first kappa shape index (κ1) is 52.2. The van der Waals surface area contributed by atoms with Gasteiger partial charge < -0.3 is 29.3 Å². The molecule has 56 heavy (non-hydrogen) atoms. The normalized spacial score (nSPS) is 17.9. The summed E-state index contributed by atoms with van der Waals surface area (Å²) in [4.78, 5) is 35.0. The third-order valence-corrected chi connectivity index (χ3v) is 10.6. The molecule has 1 heterocycles. The molecule has 1 fully saturated rings. The highest BCUT2D eigenvalue weighted by Gasteiger charge is 2.36. The Labute approximate surface area is 339 Å². The maximum Gasteiger partial charge on any atom is 0.472 e. The van der Waals surface area contributed by atoms with Gasteiger partial charge in [-0.3, -0.25) is 18.6 Å². The fourth-order valence-electron chi connectivity index (χ4n) is 6.09. The van der Waals surface area contributed by atoms with Crippen LogP contribution in [0.4, 0.5) is 0 Å². The Morgan fingerprint density at radius 3 is 1.84 bits per heavy atom. The zero-order valence-electron chi connectivity index (χ0n) is 35.2. The Morgan fingerprint density at radius 2 is 1.21 bits per heavy atom. The first-order valence-electron chi connectivity index (χ1n) is 21.9. The molecule has 3 N–H and O–H groups in total. The number of phosphoric acid groups is 1. The molecule has 0 bridgehead atoms. The highest BCUT2D eigenvalue weighted by atomic mass is 31.2. The molecule has 0 aromatic carbocycles. The van der Waals surface area contributed by atoms with Crippen LogP contribution in [0.3, 0.4) is 0 Å². The molecule has 0 amide bonds. The maximum atomic E-state index is 12.6. The number of ether oxygens (including phenoxy) is 3. The Hall–Kier alpha value is -1.85. The number of aliphatic hydroxyl groups is 2. The largest absolute Gasteiger partial charge is 0.472 e. The van der Waals surface area contributed by atoms with E-state index < -0.39 is 51.8 Å². The summed E-state index contributed by atoms with van der Waals surface area (Å²) in [7, 11) is -4.63. The van der Waals surface area contributed by atoms with Gasteiger partial charge in [-0.05, 0) is 57.3 Å². The van der Waals surface area contributed by atoms with Crippen LogP contribution in [-0.4, -0.2) is 77.9 Å². The first-order valence-corrected chi connectivity index (χ1v) is 23.4. The number of hydrogen-bond acceptors (Lipinski definition) is 10. The molecule has 11 nitrogen and oxygen atoms in total. The van der Waals surface area contributed by atoms with Gasteiger partial charge in [0.25, 0.3) is 0 Å². The number of hydrogen-bond donors (Lipinski definition) is 3. The van der Waals surface area contributed by atoms with Crippen LogP contribution in [0.1, 0.15) is 175 Å². The summed E-state index contributed by atoms with van der Waals surface area (Å²) >= 11 is 0. The van der Waals surface area contributed by atoms with Crippen LogP contribution < -0.4 is 0 Å². The lowest BCUT2D eigenvalue weighted by Gasteiger charge is -2.20. The summed E-state index contributed by atoms with van der Waals surface area (Å²) in [5.41, 5.74) is 0. The van der Waals surface area contributed by atoms with E-state index in [1.807, 2.05) is 6.08 Å². The summed E-state index contributed by atoms with van der Waals surface area (Å²) in [6.45, 7) is 4.60. The lowest BCUT2D eigenvalue weighted by Crippen LogP contribution is -2.29. The van der Waals surface area contributed by atoms with Gasteiger partial charge in [0, 0.05) is 12.8 Å². The second-order valence-electron chi connectivity index (χ2n) is 15.6. The molecule has 3 unspecified atom stereocenters. The summed E-state index contributed by atoms with van der Waals surface area (Å²) in [5.74, 6) is -0.192. The number of unbranched alkanes of at least 4 members (excludes halogenated alkanes) is 15. The molecule has 1 saturated heterocycles. The van der Waals surface area contributed by atoms with E-state index in [1.54, 1.807) is 0 Å². The zero-order chi connectivity index (χ0) is 41.1. The van der Waals surface area contributed by atoms with Crippen molar-refractivity contribution in [1.29, 1.82) is 0 Å². The lowest BCUT2D eigenvalue weighted by atomic mass is 10.0. The summed E-state index contributed by atoms with van der Waals surface area (Å²) < 4.78 is 38.4. The van der Waals surface area contributed by atoms with Crippen molar-refractivity contribution in [1.82, 2.24) is 0 Å². The minimum absolute atomic E-state index is 0.161. The third-order valence-electron chi connectivity index (χ3n) is 9.63. The van der Waals surface area contributed by atoms with E-state index in [-0.39, 0.29) is 19.4 Å². The number of carbonyl (C=O) groups is 2. The fourth-order valence-corrected chi connectivity index (χ4v) is 6.88. The second-order valence-corrected chi connectivity index (χ2v) is 17.0. The molecular weight excluding hydrogens is 735 g/mol. The van der Waals surface area contributed by atoms with E-state index in [9.17, 15) is 24.2 Å². The van der Waals surface area contributed by atoms with Crippen molar-refractivity contribution in [3.8, 4) is 0 Å². The number of epoxide rings is 1. The molecule has 1 rings (SSSR count). The highest BCUT2D eigenvalue weighted by Crippen LogP contribution is 2.43. The van der Waals surface area contributed by atoms with Crippen molar-refractivity contribution < 1.29 is 52.5 Å². The standard InChI is InChI=1S/C44H79O11P/c1-4-5-6-7-20-25-30-41-42(55-41)31-26-21-16-14-18-22-27-32-43(47)51-36-40(37-53-56(49,50)52-35-39(46)34-45)54-44(48)33-28-23-17-13-11-9-8-10-12-15-19-24-29-38(2)3/h14,18,20-21,25-26,38-42,45-46H,4-13,15-17,19,22-24,27-37H2,1-3H3,(H,49,50)/b18-14-,25-20-,26-21-/t39-,40+,41?,42?/m0/s1. The van der Waals surface area contributed by atoms with Gasteiger partial charge in [-0.2, -0.15) is 0 Å². The van der Waals surface area contributed by atoms with Crippen LogP contribution in [0.2, 0.25) is 0 Å². The van der Waals surface area contributed by atoms with Gasteiger partial charge in [0.1, 0.15) is 12.7 Å². The molecule has 1 aliphatic heterocycles.